The Morgan fingerprint density at radius 2 is 1.71 bits per heavy atom. The van der Waals surface area contributed by atoms with Gasteiger partial charge in [0.05, 0.1) is 11.6 Å². The lowest BCUT2D eigenvalue weighted by atomic mass is 9.97. The fraction of sp³-hybridized carbons (Fsp3) is 0.143. The topological polar surface area (TPSA) is 38.0 Å². The van der Waals surface area contributed by atoms with Crippen LogP contribution in [0.2, 0.25) is 5.02 Å². The van der Waals surface area contributed by atoms with Crippen molar-refractivity contribution in [2.24, 2.45) is 5.84 Å². The first-order chi connectivity index (χ1) is 9.84. The van der Waals surface area contributed by atoms with E-state index < -0.39 is 23.6 Å². The van der Waals surface area contributed by atoms with Crippen LogP contribution in [-0.4, -0.2) is 0 Å². The van der Waals surface area contributed by atoms with Crippen molar-refractivity contribution in [2.75, 3.05) is 0 Å². The standard InChI is InChI=1S/C14H11ClF4N2/c15-11-4-2-1-3-9(11)13(21-20)10-7-8(14(17,18)19)5-6-12(10)16/h1-7,13,21H,20H2. The summed E-state index contributed by atoms with van der Waals surface area (Å²) in [6.07, 6.45) is -4.57. The zero-order chi connectivity index (χ0) is 15.6. The van der Waals surface area contributed by atoms with Crippen molar-refractivity contribution < 1.29 is 17.6 Å². The van der Waals surface area contributed by atoms with Gasteiger partial charge < -0.3 is 0 Å². The van der Waals surface area contributed by atoms with Crippen LogP contribution in [0.5, 0.6) is 0 Å². The first-order valence-corrected chi connectivity index (χ1v) is 6.29. The van der Waals surface area contributed by atoms with Gasteiger partial charge in [0.2, 0.25) is 0 Å². The van der Waals surface area contributed by atoms with E-state index >= 15 is 0 Å². The molecule has 1 atom stereocenters. The molecule has 1 unspecified atom stereocenters. The van der Waals surface area contributed by atoms with Crippen LogP contribution < -0.4 is 11.3 Å². The largest absolute Gasteiger partial charge is 0.416 e. The number of benzene rings is 2. The fourth-order valence-electron chi connectivity index (χ4n) is 2.00. The summed E-state index contributed by atoms with van der Waals surface area (Å²) in [6.45, 7) is 0. The molecule has 0 aromatic heterocycles. The monoisotopic (exact) mass is 318 g/mol. The van der Waals surface area contributed by atoms with Gasteiger partial charge in [-0.15, -0.1) is 0 Å². The van der Waals surface area contributed by atoms with E-state index in [0.717, 1.165) is 12.1 Å². The van der Waals surface area contributed by atoms with Crippen molar-refractivity contribution in [1.82, 2.24) is 5.43 Å². The Hall–Kier alpha value is -1.63. The molecule has 0 amide bonds. The van der Waals surface area contributed by atoms with Crippen LogP contribution >= 0.6 is 11.6 Å². The number of hydrazine groups is 1. The quantitative estimate of drug-likeness (QED) is 0.509. The van der Waals surface area contributed by atoms with Crippen LogP contribution in [0.1, 0.15) is 22.7 Å². The first kappa shape index (κ1) is 15.8. The molecule has 3 N–H and O–H groups in total. The summed E-state index contributed by atoms with van der Waals surface area (Å²) in [7, 11) is 0. The Kier molecular flexibility index (Phi) is 4.51. The van der Waals surface area contributed by atoms with Gasteiger partial charge in [0.1, 0.15) is 5.82 Å². The summed E-state index contributed by atoms with van der Waals surface area (Å²) in [5, 5.41) is 0.275. The molecule has 0 aliphatic carbocycles. The average molecular weight is 319 g/mol. The minimum absolute atomic E-state index is 0.222. The van der Waals surface area contributed by atoms with Gasteiger partial charge in [0.25, 0.3) is 0 Å². The molecule has 0 fully saturated rings. The maximum absolute atomic E-state index is 13.9. The highest BCUT2D eigenvalue weighted by molar-refractivity contribution is 6.31. The minimum Gasteiger partial charge on any atom is -0.271 e. The molecule has 0 saturated heterocycles. The van der Waals surface area contributed by atoms with Crippen LogP contribution in [0.25, 0.3) is 0 Å². The van der Waals surface area contributed by atoms with Gasteiger partial charge in [0.15, 0.2) is 0 Å². The minimum atomic E-state index is -4.57. The van der Waals surface area contributed by atoms with Gasteiger partial charge in [-0.3, -0.25) is 5.84 Å². The first-order valence-electron chi connectivity index (χ1n) is 5.91. The predicted molar refractivity (Wildman–Crippen MR) is 72.0 cm³/mol. The molecule has 2 aromatic carbocycles. The lowest BCUT2D eigenvalue weighted by Gasteiger charge is -2.20. The van der Waals surface area contributed by atoms with E-state index in [1.807, 2.05) is 0 Å². The molecule has 0 radical (unpaired) electrons. The van der Waals surface area contributed by atoms with E-state index in [4.69, 9.17) is 17.4 Å². The highest BCUT2D eigenvalue weighted by Crippen LogP contribution is 2.34. The van der Waals surface area contributed by atoms with Crippen molar-refractivity contribution >= 4 is 11.6 Å². The number of rotatable bonds is 3. The Balaban J connectivity index is 2.55. The molecular weight excluding hydrogens is 308 g/mol. The molecule has 112 valence electrons. The fourth-order valence-corrected chi connectivity index (χ4v) is 2.24. The van der Waals surface area contributed by atoms with Crippen LogP contribution in [0, 0.1) is 5.82 Å². The van der Waals surface area contributed by atoms with Gasteiger partial charge in [0, 0.05) is 10.6 Å². The number of alkyl halides is 3. The van der Waals surface area contributed by atoms with Gasteiger partial charge in [-0.1, -0.05) is 29.8 Å². The molecule has 2 nitrogen and oxygen atoms in total. The summed E-state index contributed by atoms with van der Waals surface area (Å²) in [5.74, 6) is 4.58. The van der Waals surface area contributed by atoms with Gasteiger partial charge in [-0.05, 0) is 29.8 Å². The van der Waals surface area contributed by atoms with E-state index in [-0.39, 0.29) is 10.6 Å². The van der Waals surface area contributed by atoms with Crippen LogP contribution in [0.3, 0.4) is 0 Å². The third kappa shape index (κ3) is 3.34. The Morgan fingerprint density at radius 3 is 2.29 bits per heavy atom. The van der Waals surface area contributed by atoms with Crippen molar-refractivity contribution in [3.05, 3.63) is 70.0 Å². The highest BCUT2D eigenvalue weighted by Gasteiger charge is 2.32. The van der Waals surface area contributed by atoms with E-state index in [0.29, 0.717) is 11.6 Å². The summed E-state index contributed by atoms with van der Waals surface area (Å²) < 4.78 is 52.2. The summed E-state index contributed by atoms with van der Waals surface area (Å²) in [5.41, 5.74) is 1.52. The van der Waals surface area contributed by atoms with Crippen molar-refractivity contribution in [3.8, 4) is 0 Å². The van der Waals surface area contributed by atoms with E-state index in [9.17, 15) is 17.6 Å². The highest BCUT2D eigenvalue weighted by atomic mass is 35.5. The van der Waals surface area contributed by atoms with Gasteiger partial charge in [-0.25, -0.2) is 9.82 Å². The Bertz CT molecular complexity index is 643. The molecule has 2 aromatic rings. The summed E-state index contributed by atoms with van der Waals surface area (Å²) in [4.78, 5) is 0. The van der Waals surface area contributed by atoms with Gasteiger partial charge in [-0.2, -0.15) is 13.2 Å². The molecule has 7 heteroatoms. The number of nitrogens with one attached hydrogen (secondary N) is 1. The molecule has 21 heavy (non-hydrogen) atoms. The average Bonchev–Trinajstić information content (AvgIpc) is 2.42. The molecule has 2 rings (SSSR count). The molecule has 0 heterocycles. The SMILES string of the molecule is NNC(c1cc(C(F)(F)F)ccc1F)c1ccccc1Cl. The maximum Gasteiger partial charge on any atom is 0.416 e. The number of halogens is 5. The molecule has 0 aliphatic heterocycles. The van der Waals surface area contributed by atoms with E-state index in [2.05, 4.69) is 5.43 Å². The summed E-state index contributed by atoms with van der Waals surface area (Å²) in [6, 6.07) is 7.58. The van der Waals surface area contributed by atoms with Crippen LogP contribution in [-0.2, 0) is 6.18 Å². The second-order valence-electron chi connectivity index (χ2n) is 4.36. The third-order valence-electron chi connectivity index (χ3n) is 3.02. The van der Waals surface area contributed by atoms with Gasteiger partial charge >= 0.3 is 6.18 Å². The van der Waals surface area contributed by atoms with Crippen molar-refractivity contribution in [1.29, 1.82) is 0 Å². The van der Waals surface area contributed by atoms with E-state index in [1.165, 1.54) is 0 Å². The molecule has 0 spiro atoms. The molecule has 0 bridgehead atoms. The molecular formula is C14H11ClF4N2. The van der Waals surface area contributed by atoms with E-state index in [1.54, 1.807) is 24.3 Å². The summed E-state index contributed by atoms with van der Waals surface area (Å²) >= 11 is 5.99. The normalized spacial score (nSPS) is 13.2. The van der Waals surface area contributed by atoms with Crippen molar-refractivity contribution in [2.45, 2.75) is 12.2 Å². The predicted octanol–water partition coefficient (Wildman–Crippen LogP) is 4.05. The van der Waals surface area contributed by atoms with Crippen LogP contribution in [0.4, 0.5) is 17.6 Å². The zero-order valence-electron chi connectivity index (χ0n) is 10.6. The van der Waals surface area contributed by atoms with Crippen LogP contribution in [0.15, 0.2) is 42.5 Å². The zero-order valence-corrected chi connectivity index (χ0v) is 11.3. The van der Waals surface area contributed by atoms with Crippen molar-refractivity contribution in [3.63, 3.8) is 0 Å². The molecule has 0 saturated carbocycles. The third-order valence-corrected chi connectivity index (χ3v) is 3.36. The lowest BCUT2D eigenvalue weighted by molar-refractivity contribution is -0.137. The Labute approximate surface area is 123 Å². The number of nitrogens with two attached hydrogens (primary N) is 1. The Morgan fingerprint density at radius 1 is 1.05 bits per heavy atom. The maximum atomic E-state index is 13.9. The molecule has 0 aliphatic rings. The second-order valence-corrected chi connectivity index (χ2v) is 4.76. The second kappa shape index (κ2) is 6.01. The lowest BCUT2D eigenvalue weighted by Crippen LogP contribution is -2.30. The number of hydrogen-bond donors (Lipinski definition) is 2. The number of hydrogen-bond acceptors (Lipinski definition) is 2. The smallest absolute Gasteiger partial charge is 0.271 e.